The van der Waals surface area contributed by atoms with E-state index in [1.165, 1.54) is 13.2 Å². The summed E-state index contributed by atoms with van der Waals surface area (Å²) < 4.78 is 12.4. The second kappa shape index (κ2) is 12.0. The summed E-state index contributed by atoms with van der Waals surface area (Å²) in [6, 6.07) is 26.7. The van der Waals surface area contributed by atoms with Gasteiger partial charge in [0.05, 0.1) is 22.1 Å². The first-order valence-electron chi connectivity index (χ1n) is 12.9. The molecule has 7 nitrogen and oxygen atoms in total. The normalized spacial score (nSPS) is 13.5. The maximum Gasteiger partial charge on any atom is 0.343 e. The lowest BCUT2D eigenvalue weighted by molar-refractivity contribution is -0.121. The average molecular weight is 658 g/mol. The number of barbiturate groups is 1. The lowest BCUT2D eigenvalue weighted by Crippen LogP contribution is -2.57. The molecule has 0 spiro atoms. The van der Waals surface area contributed by atoms with Crippen LogP contribution in [0.1, 0.15) is 22.3 Å². The van der Waals surface area contributed by atoms with Crippen molar-refractivity contribution in [2.45, 2.75) is 20.5 Å². The smallest absolute Gasteiger partial charge is 0.343 e. The Kier molecular flexibility index (Phi) is 8.21. The number of imide groups is 2. The molecule has 5 rings (SSSR count). The number of carbonyl (C=O) groups is 3. The number of ether oxygens (including phenoxy) is 2. The Bertz CT molecular complexity index is 1610. The van der Waals surface area contributed by atoms with Crippen molar-refractivity contribution >= 4 is 57.9 Å². The van der Waals surface area contributed by atoms with Gasteiger partial charge in [-0.3, -0.25) is 9.59 Å². The summed E-state index contributed by atoms with van der Waals surface area (Å²) in [4.78, 5) is 43.6. The number of methoxy groups -OCH3 is 1. The van der Waals surface area contributed by atoms with E-state index in [1.807, 2.05) is 74.5 Å². The number of aryl methyl sites for hydroxylation is 2. The first-order chi connectivity index (χ1) is 19.8. The van der Waals surface area contributed by atoms with Crippen molar-refractivity contribution in [3.05, 3.63) is 122 Å². The summed E-state index contributed by atoms with van der Waals surface area (Å²) in [5.41, 5.74) is 3.69. The highest BCUT2D eigenvalue weighted by Crippen LogP contribution is 2.37. The number of amides is 4. The van der Waals surface area contributed by atoms with Gasteiger partial charge in [-0.25, -0.2) is 14.6 Å². The van der Waals surface area contributed by atoms with Gasteiger partial charge in [-0.2, -0.15) is 0 Å². The summed E-state index contributed by atoms with van der Waals surface area (Å²) in [6.07, 6.45) is 1.50. The van der Waals surface area contributed by atoms with Crippen LogP contribution in [0.2, 0.25) is 0 Å². The fraction of sp³-hybridized carbons (Fsp3) is 0.121. The van der Waals surface area contributed by atoms with Gasteiger partial charge < -0.3 is 9.47 Å². The number of hydrogen-bond donors (Lipinski definition) is 0. The molecule has 0 atom stereocenters. The van der Waals surface area contributed by atoms with E-state index in [0.29, 0.717) is 35.0 Å². The third-order valence-electron chi connectivity index (χ3n) is 6.75. The number of rotatable bonds is 7. The van der Waals surface area contributed by atoms with Gasteiger partial charge in [-0.1, -0.05) is 66.7 Å². The van der Waals surface area contributed by atoms with E-state index < -0.39 is 17.8 Å². The quantitative estimate of drug-likeness (QED) is 0.121. The number of benzene rings is 4. The summed E-state index contributed by atoms with van der Waals surface area (Å²) in [5, 5.41) is 0. The highest BCUT2D eigenvalue weighted by molar-refractivity contribution is 14.1. The van der Waals surface area contributed by atoms with E-state index in [0.717, 1.165) is 30.1 Å². The molecule has 4 aromatic rings. The van der Waals surface area contributed by atoms with Crippen molar-refractivity contribution in [3.8, 4) is 11.5 Å². The lowest BCUT2D eigenvalue weighted by atomic mass is 10.0. The summed E-state index contributed by atoms with van der Waals surface area (Å²) >= 11 is 2.14. The van der Waals surface area contributed by atoms with Gasteiger partial charge >= 0.3 is 6.03 Å². The molecule has 41 heavy (non-hydrogen) atoms. The molecule has 4 aromatic carbocycles. The molecule has 0 bridgehead atoms. The van der Waals surface area contributed by atoms with Gasteiger partial charge in [0.1, 0.15) is 12.2 Å². The van der Waals surface area contributed by atoms with Crippen LogP contribution in [0.5, 0.6) is 11.5 Å². The number of urea groups is 1. The van der Waals surface area contributed by atoms with Crippen LogP contribution >= 0.6 is 22.6 Å². The van der Waals surface area contributed by atoms with Gasteiger partial charge in [-0.15, -0.1) is 0 Å². The first kappa shape index (κ1) is 28.1. The van der Waals surface area contributed by atoms with E-state index in [2.05, 4.69) is 22.6 Å². The molecule has 0 N–H and O–H groups in total. The van der Waals surface area contributed by atoms with Gasteiger partial charge in [-0.05, 0) is 89.0 Å². The third kappa shape index (κ3) is 5.60. The molecule has 0 aromatic heterocycles. The van der Waals surface area contributed by atoms with Crippen molar-refractivity contribution < 1.29 is 23.9 Å². The molecule has 4 amide bonds. The van der Waals surface area contributed by atoms with Crippen molar-refractivity contribution in [1.29, 1.82) is 0 Å². The van der Waals surface area contributed by atoms with Crippen LogP contribution in [0.3, 0.4) is 0 Å². The molecule has 1 aliphatic rings. The largest absolute Gasteiger partial charge is 0.493 e. The molecule has 0 aliphatic carbocycles. The summed E-state index contributed by atoms with van der Waals surface area (Å²) in [6.45, 7) is 3.98. The maximum atomic E-state index is 13.9. The molecular formula is C33H27IN2O5. The van der Waals surface area contributed by atoms with Crippen molar-refractivity contribution in [1.82, 2.24) is 0 Å². The molecule has 1 heterocycles. The Labute approximate surface area is 252 Å². The fourth-order valence-corrected chi connectivity index (χ4v) is 5.42. The molecule has 8 heteroatoms. The second-order valence-corrected chi connectivity index (χ2v) is 10.7. The minimum Gasteiger partial charge on any atom is -0.493 e. The van der Waals surface area contributed by atoms with Crippen molar-refractivity contribution in [3.63, 3.8) is 0 Å². The number of halogens is 1. The van der Waals surface area contributed by atoms with Gasteiger partial charge in [0.25, 0.3) is 11.8 Å². The SMILES string of the molecule is COc1cc(C=C2C(=O)N(c3ccccc3C)C(=O)N(c3ccccc3C)C2=O)cc(I)c1OCc1ccccc1. The predicted octanol–water partition coefficient (Wildman–Crippen LogP) is 7.08. The summed E-state index contributed by atoms with van der Waals surface area (Å²) in [5.74, 6) is -0.383. The molecule has 0 saturated carbocycles. The third-order valence-corrected chi connectivity index (χ3v) is 7.55. The van der Waals surface area contributed by atoms with Gasteiger partial charge in [0.15, 0.2) is 11.5 Å². The van der Waals surface area contributed by atoms with E-state index in [4.69, 9.17) is 9.47 Å². The lowest BCUT2D eigenvalue weighted by Gasteiger charge is -2.35. The zero-order valence-electron chi connectivity index (χ0n) is 22.8. The van der Waals surface area contributed by atoms with Crippen LogP contribution < -0.4 is 19.3 Å². The molecule has 1 aliphatic heterocycles. The predicted molar refractivity (Wildman–Crippen MR) is 167 cm³/mol. The van der Waals surface area contributed by atoms with Gasteiger partial charge in [0, 0.05) is 0 Å². The number of nitrogens with zero attached hydrogens (tertiary/aromatic N) is 2. The van der Waals surface area contributed by atoms with E-state index in [9.17, 15) is 14.4 Å². The standard InChI is InChI=1S/C33H27IN2O5/c1-21-11-7-9-15-27(21)35-31(37)25(32(38)36(33(35)39)28-16-10-8-12-22(28)2)17-24-18-26(34)30(29(19-24)40-3)41-20-23-13-5-4-6-14-23/h4-19H,20H2,1-3H3. The Morgan fingerprint density at radius 1 is 0.756 bits per heavy atom. The van der Waals surface area contributed by atoms with Crippen molar-refractivity contribution in [2.24, 2.45) is 0 Å². The minimum absolute atomic E-state index is 0.146. The molecule has 1 fully saturated rings. The second-order valence-electron chi connectivity index (χ2n) is 9.50. The van der Waals surface area contributed by atoms with Crippen LogP contribution in [0, 0.1) is 17.4 Å². The highest BCUT2D eigenvalue weighted by Gasteiger charge is 2.44. The Morgan fingerprint density at radius 2 is 1.29 bits per heavy atom. The van der Waals surface area contributed by atoms with Gasteiger partial charge in [0.2, 0.25) is 0 Å². The molecular weight excluding hydrogens is 631 g/mol. The zero-order valence-corrected chi connectivity index (χ0v) is 24.9. The monoisotopic (exact) mass is 658 g/mol. The fourth-order valence-electron chi connectivity index (χ4n) is 4.64. The number of hydrogen-bond acceptors (Lipinski definition) is 5. The maximum absolute atomic E-state index is 13.9. The average Bonchev–Trinajstić information content (AvgIpc) is 2.97. The van der Waals surface area contributed by atoms with Crippen LogP contribution in [0.25, 0.3) is 6.08 Å². The van der Waals surface area contributed by atoms with E-state index >= 15 is 0 Å². The number of carbonyl (C=O) groups excluding carboxylic acids is 3. The molecule has 1 saturated heterocycles. The Hall–Kier alpha value is -4.44. The molecule has 0 radical (unpaired) electrons. The topological polar surface area (TPSA) is 76.2 Å². The summed E-state index contributed by atoms with van der Waals surface area (Å²) in [7, 11) is 1.53. The zero-order chi connectivity index (χ0) is 29.1. The highest BCUT2D eigenvalue weighted by atomic mass is 127. The molecule has 0 unspecified atom stereocenters. The Balaban J connectivity index is 1.59. The van der Waals surface area contributed by atoms with Crippen molar-refractivity contribution in [2.75, 3.05) is 16.9 Å². The van der Waals surface area contributed by atoms with Crippen LogP contribution in [-0.4, -0.2) is 25.0 Å². The van der Waals surface area contributed by atoms with E-state index in [-0.39, 0.29) is 5.57 Å². The Morgan fingerprint density at radius 3 is 1.83 bits per heavy atom. The molecule has 206 valence electrons. The van der Waals surface area contributed by atoms with E-state index in [1.54, 1.807) is 30.3 Å². The first-order valence-corrected chi connectivity index (χ1v) is 14.0. The van der Waals surface area contributed by atoms with Crippen LogP contribution in [-0.2, 0) is 16.2 Å². The minimum atomic E-state index is -0.724. The number of anilines is 2. The number of para-hydroxylation sites is 2. The van der Waals surface area contributed by atoms with Crippen LogP contribution in [0.4, 0.5) is 16.2 Å². The van der Waals surface area contributed by atoms with Crippen LogP contribution in [0.15, 0.2) is 96.6 Å².